The predicted molar refractivity (Wildman–Crippen MR) is 63.7 cm³/mol. The van der Waals surface area contributed by atoms with Crippen molar-refractivity contribution in [1.82, 2.24) is 4.98 Å². The monoisotopic (exact) mass is 231 g/mol. The number of nitrogens with zero attached hydrogens (tertiary/aromatic N) is 1. The van der Waals surface area contributed by atoms with Gasteiger partial charge < -0.3 is 9.52 Å². The standard InChI is InChI=1S/C12H9NO2S/c1-7-6-13-12(15-7)11-5-8-9(14)3-2-4-10(8)16-11/h2-6,14H,1H3. The van der Waals surface area contributed by atoms with Crippen molar-refractivity contribution < 1.29 is 9.52 Å². The average molecular weight is 231 g/mol. The summed E-state index contributed by atoms with van der Waals surface area (Å²) in [5.74, 6) is 1.69. The molecule has 0 amide bonds. The molecule has 0 aliphatic rings. The van der Waals surface area contributed by atoms with Crippen LogP contribution < -0.4 is 0 Å². The Bertz CT molecular complexity index is 654. The van der Waals surface area contributed by atoms with Gasteiger partial charge in [0.15, 0.2) is 0 Å². The Labute approximate surface area is 96.0 Å². The lowest BCUT2D eigenvalue weighted by atomic mass is 10.2. The molecule has 2 aromatic heterocycles. The molecule has 0 saturated carbocycles. The number of thiophene rings is 1. The van der Waals surface area contributed by atoms with Crippen LogP contribution in [-0.4, -0.2) is 10.1 Å². The second-order valence-corrected chi connectivity index (χ2v) is 4.66. The number of aryl methyl sites for hydroxylation is 1. The molecule has 0 aliphatic heterocycles. The maximum absolute atomic E-state index is 9.69. The molecule has 0 unspecified atom stereocenters. The van der Waals surface area contributed by atoms with Crippen molar-refractivity contribution in [3.8, 4) is 16.5 Å². The first kappa shape index (κ1) is 9.42. The molecule has 0 atom stereocenters. The number of fused-ring (bicyclic) bond motifs is 1. The Kier molecular flexibility index (Phi) is 1.97. The van der Waals surface area contributed by atoms with Gasteiger partial charge in [0, 0.05) is 10.1 Å². The van der Waals surface area contributed by atoms with Crippen LogP contribution in [0.15, 0.2) is 34.9 Å². The first-order chi connectivity index (χ1) is 7.74. The number of oxazole rings is 1. The second kappa shape index (κ2) is 3.35. The molecule has 0 bridgehead atoms. The molecule has 1 N–H and O–H groups in total. The number of rotatable bonds is 1. The summed E-state index contributed by atoms with van der Waals surface area (Å²) < 4.78 is 6.49. The van der Waals surface area contributed by atoms with E-state index in [1.54, 1.807) is 23.6 Å². The summed E-state index contributed by atoms with van der Waals surface area (Å²) in [7, 11) is 0. The lowest BCUT2D eigenvalue weighted by Crippen LogP contribution is -1.67. The van der Waals surface area contributed by atoms with Crippen LogP contribution in [0.4, 0.5) is 0 Å². The first-order valence-electron chi connectivity index (χ1n) is 4.88. The van der Waals surface area contributed by atoms with E-state index in [2.05, 4.69) is 4.98 Å². The fraction of sp³-hybridized carbons (Fsp3) is 0.0833. The van der Waals surface area contributed by atoms with Gasteiger partial charge in [-0.1, -0.05) is 6.07 Å². The molecule has 0 aliphatic carbocycles. The molecule has 3 rings (SSSR count). The van der Waals surface area contributed by atoms with Crippen LogP contribution in [0.2, 0.25) is 0 Å². The van der Waals surface area contributed by atoms with E-state index in [9.17, 15) is 5.11 Å². The zero-order valence-electron chi connectivity index (χ0n) is 8.60. The summed E-state index contributed by atoms with van der Waals surface area (Å²) in [5, 5.41) is 10.5. The van der Waals surface area contributed by atoms with Gasteiger partial charge in [-0.25, -0.2) is 4.98 Å². The summed E-state index contributed by atoms with van der Waals surface area (Å²) in [5.41, 5.74) is 0. The number of phenols is 1. The van der Waals surface area contributed by atoms with Crippen molar-refractivity contribution in [3.05, 3.63) is 36.2 Å². The highest BCUT2D eigenvalue weighted by atomic mass is 32.1. The fourth-order valence-electron chi connectivity index (χ4n) is 1.62. The highest BCUT2D eigenvalue weighted by Gasteiger charge is 2.10. The zero-order valence-corrected chi connectivity index (χ0v) is 9.41. The molecule has 3 aromatic rings. The van der Waals surface area contributed by atoms with Crippen LogP contribution in [0.3, 0.4) is 0 Å². The smallest absolute Gasteiger partial charge is 0.236 e. The molecule has 3 nitrogen and oxygen atoms in total. The Balaban J connectivity index is 2.22. The largest absolute Gasteiger partial charge is 0.507 e. The quantitative estimate of drug-likeness (QED) is 0.696. The molecule has 0 radical (unpaired) electrons. The van der Waals surface area contributed by atoms with E-state index < -0.39 is 0 Å². The van der Waals surface area contributed by atoms with Gasteiger partial charge in [-0.05, 0) is 25.1 Å². The summed E-state index contributed by atoms with van der Waals surface area (Å²) in [6, 6.07) is 7.39. The normalized spacial score (nSPS) is 11.1. The van der Waals surface area contributed by atoms with Crippen molar-refractivity contribution in [2.75, 3.05) is 0 Å². The SMILES string of the molecule is Cc1cnc(-c2cc3c(O)cccc3s2)o1. The number of hydrogen-bond donors (Lipinski definition) is 1. The Morgan fingerprint density at radius 2 is 2.25 bits per heavy atom. The van der Waals surface area contributed by atoms with Crippen LogP contribution in [0.1, 0.15) is 5.76 Å². The molecular formula is C12H9NO2S. The van der Waals surface area contributed by atoms with Gasteiger partial charge in [0.2, 0.25) is 5.89 Å². The van der Waals surface area contributed by atoms with Gasteiger partial charge in [-0.15, -0.1) is 11.3 Å². The van der Waals surface area contributed by atoms with Crippen LogP contribution >= 0.6 is 11.3 Å². The fourth-order valence-corrected chi connectivity index (χ4v) is 2.64. The zero-order chi connectivity index (χ0) is 11.1. The number of aromatic hydroxyl groups is 1. The van der Waals surface area contributed by atoms with Crippen LogP contribution in [0, 0.1) is 6.92 Å². The van der Waals surface area contributed by atoms with E-state index >= 15 is 0 Å². The maximum Gasteiger partial charge on any atom is 0.236 e. The minimum absolute atomic E-state index is 0.295. The van der Waals surface area contributed by atoms with Gasteiger partial charge in [-0.2, -0.15) is 0 Å². The summed E-state index contributed by atoms with van der Waals surface area (Å²) in [6.07, 6.45) is 1.69. The van der Waals surface area contributed by atoms with E-state index in [-0.39, 0.29) is 0 Å². The topological polar surface area (TPSA) is 46.3 Å². The van der Waals surface area contributed by atoms with E-state index in [0.29, 0.717) is 11.6 Å². The molecule has 0 saturated heterocycles. The third-order valence-electron chi connectivity index (χ3n) is 2.37. The molecule has 4 heteroatoms. The van der Waals surface area contributed by atoms with E-state index in [1.807, 2.05) is 25.1 Å². The van der Waals surface area contributed by atoms with Crippen molar-refractivity contribution >= 4 is 21.4 Å². The highest BCUT2D eigenvalue weighted by Crippen LogP contribution is 2.36. The van der Waals surface area contributed by atoms with Gasteiger partial charge in [-0.3, -0.25) is 0 Å². The van der Waals surface area contributed by atoms with Crippen molar-refractivity contribution in [1.29, 1.82) is 0 Å². The molecule has 0 fully saturated rings. The van der Waals surface area contributed by atoms with Crippen molar-refractivity contribution in [2.45, 2.75) is 6.92 Å². The Morgan fingerprint density at radius 1 is 1.38 bits per heavy atom. The number of benzene rings is 1. The van der Waals surface area contributed by atoms with Crippen molar-refractivity contribution in [2.24, 2.45) is 0 Å². The number of hydrogen-bond acceptors (Lipinski definition) is 4. The number of phenolic OH excluding ortho intramolecular Hbond substituents is 1. The maximum atomic E-state index is 9.69. The Morgan fingerprint density at radius 3 is 2.94 bits per heavy atom. The van der Waals surface area contributed by atoms with E-state index in [4.69, 9.17) is 4.42 Å². The molecule has 0 spiro atoms. The summed E-state index contributed by atoms with van der Waals surface area (Å²) >= 11 is 1.56. The molecule has 2 heterocycles. The van der Waals surface area contributed by atoms with Crippen LogP contribution in [0.5, 0.6) is 5.75 Å². The lowest BCUT2D eigenvalue weighted by Gasteiger charge is -1.90. The van der Waals surface area contributed by atoms with Gasteiger partial charge >= 0.3 is 0 Å². The summed E-state index contributed by atoms with van der Waals surface area (Å²) in [6.45, 7) is 1.86. The van der Waals surface area contributed by atoms with E-state index in [1.165, 1.54) is 0 Å². The predicted octanol–water partition coefficient (Wildman–Crippen LogP) is 3.57. The molecule has 80 valence electrons. The lowest BCUT2D eigenvalue weighted by molar-refractivity contribution is 0.482. The van der Waals surface area contributed by atoms with Crippen molar-refractivity contribution in [3.63, 3.8) is 0 Å². The minimum atomic E-state index is 0.295. The van der Waals surface area contributed by atoms with Crippen LogP contribution in [-0.2, 0) is 0 Å². The third kappa shape index (κ3) is 1.39. The molecule has 16 heavy (non-hydrogen) atoms. The first-order valence-corrected chi connectivity index (χ1v) is 5.70. The van der Waals surface area contributed by atoms with Gasteiger partial charge in [0.05, 0.1) is 11.1 Å². The second-order valence-electron chi connectivity index (χ2n) is 3.58. The van der Waals surface area contributed by atoms with E-state index in [0.717, 1.165) is 20.7 Å². The third-order valence-corrected chi connectivity index (χ3v) is 3.46. The van der Waals surface area contributed by atoms with Gasteiger partial charge in [0.25, 0.3) is 0 Å². The Hall–Kier alpha value is -1.81. The summed E-state index contributed by atoms with van der Waals surface area (Å²) in [4.78, 5) is 5.11. The minimum Gasteiger partial charge on any atom is -0.507 e. The molecular weight excluding hydrogens is 222 g/mol. The number of aromatic nitrogens is 1. The highest BCUT2D eigenvalue weighted by molar-refractivity contribution is 7.22. The molecule has 1 aromatic carbocycles. The average Bonchev–Trinajstić information content (AvgIpc) is 2.84. The van der Waals surface area contributed by atoms with Gasteiger partial charge in [0.1, 0.15) is 11.5 Å². The van der Waals surface area contributed by atoms with Crippen LogP contribution in [0.25, 0.3) is 20.9 Å².